The Labute approximate surface area is 63.5 Å². The largest absolute Gasteiger partial charge is 0.486 e. The number of carbonyl (C=O) groups is 2. The van der Waals surface area contributed by atoms with Gasteiger partial charge < -0.3 is 9.84 Å². The summed E-state index contributed by atoms with van der Waals surface area (Å²) in [6.45, 7) is 1.59. The number of hydrogen-bond acceptors (Lipinski definition) is 3. The molecule has 1 rings (SSSR count). The monoisotopic (exact) mass is 156 g/mol. The van der Waals surface area contributed by atoms with Crippen LogP contribution in [-0.4, -0.2) is 23.0 Å². The molecule has 11 heavy (non-hydrogen) atoms. The number of carbonyl (C=O) groups excluding carboxylic acids is 1. The minimum Gasteiger partial charge on any atom is -0.486 e. The minimum absolute atomic E-state index is 0.166. The number of rotatable bonds is 2. The maximum Gasteiger partial charge on any atom is 0.311 e. The lowest BCUT2D eigenvalue weighted by atomic mass is 10.2. The van der Waals surface area contributed by atoms with Gasteiger partial charge in [-0.3, -0.25) is 9.59 Å². The summed E-state index contributed by atoms with van der Waals surface area (Å²) >= 11 is 0. The van der Waals surface area contributed by atoms with E-state index < -0.39 is 12.1 Å². The van der Waals surface area contributed by atoms with Crippen molar-refractivity contribution >= 4 is 11.8 Å². The lowest BCUT2D eigenvalue weighted by molar-refractivity contribution is -0.137. The number of carboxylic acids is 1. The van der Waals surface area contributed by atoms with E-state index in [2.05, 4.69) is 0 Å². The van der Waals surface area contributed by atoms with E-state index in [1.54, 1.807) is 6.92 Å². The second-order valence-electron chi connectivity index (χ2n) is 2.34. The average molecular weight is 156 g/mol. The molecule has 0 aromatic rings. The van der Waals surface area contributed by atoms with Gasteiger partial charge >= 0.3 is 5.97 Å². The number of hydrogen-bond donors (Lipinski definition) is 1. The normalized spacial score (nSPS) is 22.8. The topological polar surface area (TPSA) is 63.6 Å². The summed E-state index contributed by atoms with van der Waals surface area (Å²) in [4.78, 5) is 20.9. The number of carboxylic acid groups (broad SMARTS) is 1. The zero-order valence-electron chi connectivity index (χ0n) is 6.03. The summed E-state index contributed by atoms with van der Waals surface area (Å²) < 4.78 is 4.92. The van der Waals surface area contributed by atoms with Crippen LogP contribution < -0.4 is 0 Å². The summed E-state index contributed by atoms with van der Waals surface area (Å²) in [5.41, 5.74) is 0. The van der Waals surface area contributed by atoms with E-state index in [0.29, 0.717) is 0 Å². The highest BCUT2D eigenvalue weighted by atomic mass is 16.5. The molecule has 0 aliphatic carbocycles. The first-order chi connectivity index (χ1) is 5.09. The van der Waals surface area contributed by atoms with Crippen LogP contribution in [0.4, 0.5) is 0 Å². The Balaban J connectivity index is 2.57. The van der Waals surface area contributed by atoms with Crippen LogP contribution in [0.25, 0.3) is 0 Å². The smallest absolute Gasteiger partial charge is 0.311 e. The predicted octanol–water partition coefficient (Wildman–Crippen LogP) is 0.333. The lowest BCUT2D eigenvalue weighted by Crippen LogP contribution is -2.10. The molecule has 0 bridgehead atoms. The molecule has 0 aromatic carbocycles. The third kappa shape index (κ3) is 1.80. The Kier molecular flexibility index (Phi) is 1.94. The second-order valence-corrected chi connectivity index (χ2v) is 2.34. The summed E-state index contributed by atoms with van der Waals surface area (Å²) in [7, 11) is 0. The Morgan fingerprint density at radius 3 is 2.82 bits per heavy atom. The highest BCUT2D eigenvalue weighted by molar-refractivity contribution is 5.96. The molecule has 0 saturated carbocycles. The highest BCUT2D eigenvalue weighted by Crippen LogP contribution is 2.15. The van der Waals surface area contributed by atoms with Crippen molar-refractivity contribution in [3.63, 3.8) is 0 Å². The molecular formula is C7H8O4. The third-order valence-electron chi connectivity index (χ3n) is 1.36. The molecule has 0 amide bonds. The maximum atomic E-state index is 10.8. The van der Waals surface area contributed by atoms with Gasteiger partial charge in [-0.05, 0) is 6.92 Å². The van der Waals surface area contributed by atoms with Crippen molar-refractivity contribution in [3.05, 3.63) is 11.8 Å². The minimum atomic E-state index is -0.988. The molecule has 0 radical (unpaired) electrons. The predicted molar refractivity (Wildman–Crippen MR) is 35.9 cm³/mol. The summed E-state index contributed by atoms with van der Waals surface area (Å²) in [6.07, 6.45) is 0.513. The van der Waals surface area contributed by atoms with Crippen LogP contribution in [0.5, 0.6) is 0 Å². The van der Waals surface area contributed by atoms with Crippen molar-refractivity contribution in [1.29, 1.82) is 0 Å². The Hall–Kier alpha value is -1.32. The molecule has 1 N–H and O–H groups in total. The van der Waals surface area contributed by atoms with Gasteiger partial charge in [0.2, 0.25) is 0 Å². The van der Waals surface area contributed by atoms with E-state index in [1.165, 1.54) is 6.08 Å². The first-order valence-electron chi connectivity index (χ1n) is 3.22. The van der Waals surface area contributed by atoms with Crippen molar-refractivity contribution in [1.82, 2.24) is 0 Å². The Morgan fingerprint density at radius 2 is 2.45 bits per heavy atom. The van der Waals surface area contributed by atoms with E-state index >= 15 is 0 Å². The molecule has 1 heterocycles. The van der Waals surface area contributed by atoms with Gasteiger partial charge in [-0.2, -0.15) is 0 Å². The van der Waals surface area contributed by atoms with Crippen LogP contribution in [0.15, 0.2) is 11.8 Å². The fraction of sp³-hybridized carbons (Fsp3) is 0.429. The van der Waals surface area contributed by atoms with Gasteiger partial charge in [0.15, 0.2) is 11.9 Å². The van der Waals surface area contributed by atoms with Gasteiger partial charge in [-0.15, -0.1) is 0 Å². The molecule has 0 fully saturated rings. The van der Waals surface area contributed by atoms with Gasteiger partial charge in [0.25, 0.3) is 0 Å². The zero-order valence-corrected chi connectivity index (χ0v) is 6.03. The molecule has 60 valence electrons. The number of ketones is 1. The molecule has 1 aliphatic heterocycles. The molecule has 0 saturated heterocycles. The molecular weight excluding hydrogens is 148 g/mol. The average Bonchev–Trinajstić information content (AvgIpc) is 2.10. The standard InChI is InChI=1S/C7H8O4/c1-4-6(8)2-5(11-4)3-7(9)10/h2,4H,3H2,1H3,(H,9,10). The number of aliphatic carboxylic acids is 1. The highest BCUT2D eigenvalue weighted by Gasteiger charge is 2.23. The Morgan fingerprint density at radius 1 is 1.82 bits per heavy atom. The number of ether oxygens (including phenoxy) is 1. The SMILES string of the molecule is CC1OC(CC(=O)O)=CC1=O. The zero-order chi connectivity index (χ0) is 8.43. The fourth-order valence-electron chi connectivity index (χ4n) is 0.837. The third-order valence-corrected chi connectivity index (χ3v) is 1.36. The second kappa shape index (κ2) is 2.74. The molecule has 0 aromatic heterocycles. The van der Waals surface area contributed by atoms with Gasteiger partial charge in [-0.1, -0.05) is 0 Å². The van der Waals surface area contributed by atoms with E-state index in [4.69, 9.17) is 9.84 Å². The van der Waals surface area contributed by atoms with Crippen LogP contribution in [0.3, 0.4) is 0 Å². The summed E-state index contributed by atoms with van der Waals surface area (Å²) in [5, 5.41) is 8.31. The van der Waals surface area contributed by atoms with E-state index in [1.807, 2.05) is 0 Å². The van der Waals surface area contributed by atoms with Crippen molar-refractivity contribution in [2.45, 2.75) is 19.4 Å². The summed E-state index contributed by atoms with van der Waals surface area (Å²) in [6, 6.07) is 0. The maximum absolute atomic E-state index is 10.8. The van der Waals surface area contributed by atoms with Crippen LogP contribution in [0.1, 0.15) is 13.3 Å². The summed E-state index contributed by atoms with van der Waals surface area (Å²) in [5.74, 6) is -0.908. The molecule has 4 heteroatoms. The molecule has 1 unspecified atom stereocenters. The van der Waals surface area contributed by atoms with Crippen LogP contribution in [0, 0.1) is 0 Å². The van der Waals surface area contributed by atoms with Crippen LogP contribution in [-0.2, 0) is 14.3 Å². The van der Waals surface area contributed by atoms with Gasteiger partial charge in [0.1, 0.15) is 12.2 Å². The first kappa shape index (κ1) is 7.78. The lowest BCUT2D eigenvalue weighted by Gasteiger charge is -2.03. The van der Waals surface area contributed by atoms with Gasteiger partial charge in [0.05, 0.1) is 0 Å². The quantitative estimate of drug-likeness (QED) is 0.625. The van der Waals surface area contributed by atoms with Crippen molar-refractivity contribution in [2.75, 3.05) is 0 Å². The molecule has 1 atom stereocenters. The van der Waals surface area contributed by atoms with Gasteiger partial charge in [-0.25, -0.2) is 0 Å². The van der Waals surface area contributed by atoms with E-state index in [0.717, 1.165) is 0 Å². The van der Waals surface area contributed by atoms with E-state index in [-0.39, 0.29) is 18.0 Å². The molecule has 0 spiro atoms. The molecule has 4 nitrogen and oxygen atoms in total. The van der Waals surface area contributed by atoms with E-state index in [9.17, 15) is 9.59 Å². The van der Waals surface area contributed by atoms with Crippen LogP contribution >= 0.6 is 0 Å². The van der Waals surface area contributed by atoms with Crippen LogP contribution in [0.2, 0.25) is 0 Å². The van der Waals surface area contributed by atoms with Crippen molar-refractivity contribution < 1.29 is 19.4 Å². The Bertz CT molecular complexity index is 229. The first-order valence-corrected chi connectivity index (χ1v) is 3.22. The van der Waals surface area contributed by atoms with Crippen molar-refractivity contribution in [3.8, 4) is 0 Å². The fourth-order valence-corrected chi connectivity index (χ4v) is 0.837. The van der Waals surface area contributed by atoms with Crippen molar-refractivity contribution in [2.24, 2.45) is 0 Å². The molecule has 1 aliphatic rings. The van der Waals surface area contributed by atoms with Gasteiger partial charge in [0, 0.05) is 6.08 Å².